The first-order valence-electron chi connectivity index (χ1n) is 6.33. The normalized spacial score (nSPS) is 14.1. The van der Waals surface area contributed by atoms with Gasteiger partial charge >= 0.3 is 0 Å². The molecule has 2 N–H and O–H groups in total. The SMILES string of the molecule is CC(c1ccccc1)C(N)Cc1cccc(Cl)c1F. The molecule has 19 heavy (non-hydrogen) atoms. The minimum absolute atomic E-state index is 0.143. The Morgan fingerprint density at radius 2 is 1.79 bits per heavy atom. The van der Waals surface area contributed by atoms with Crippen LogP contribution in [0.5, 0.6) is 0 Å². The molecule has 0 heterocycles. The van der Waals surface area contributed by atoms with Gasteiger partial charge in [0.05, 0.1) is 5.02 Å². The predicted octanol–water partition coefficient (Wildman–Crippen LogP) is 4.15. The average molecular weight is 278 g/mol. The van der Waals surface area contributed by atoms with Gasteiger partial charge in [0.15, 0.2) is 0 Å². The largest absolute Gasteiger partial charge is 0.327 e. The van der Waals surface area contributed by atoms with Crippen LogP contribution in [0.3, 0.4) is 0 Å². The average Bonchev–Trinajstić information content (AvgIpc) is 2.44. The molecule has 100 valence electrons. The van der Waals surface area contributed by atoms with Crippen molar-refractivity contribution >= 4 is 11.6 Å². The molecule has 0 saturated heterocycles. The Morgan fingerprint density at radius 1 is 1.11 bits per heavy atom. The van der Waals surface area contributed by atoms with E-state index in [9.17, 15) is 4.39 Å². The summed E-state index contributed by atoms with van der Waals surface area (Å²) in [4.78, 5) is 0. The molecule has 0 spiro atoms. The molecule has 2 aromatic rings. The topological polar surface area (TPSA) is 26.0 Å². The third-order valence-corrected chi connectivity index (χ3v) is 3.75. The molecule has 0 amide bonds. The minimum Gasteiger partial charge on any atom is -0.327 e. The summed E-state index contributed by atoms with van der Waals surface area (Å²) in [5, 5.41) is 0.150. The molecule has 2 atom stereocenters. The van der Waals surface area contributed by atoms with E-state index in [4.69, 9.17) is 17.3 Å². The summed E-state index contributed by atoms with van der Waals surface area (Å²) in [5.74, 6) is -0.195. The molecule has 0 aliphatic heterocycles. The quantitative estimate of drug-likeness (QED) is 0.892. The highest BCUT2D eigenvalue weighted by atomic mass is 35.5. The Labute approximate surface area is 118 Å². The monoisotopic (exact) mass is 277 g/mol. The molecule has 0 aliphatic rings. The van der Waals surface area contributed by atoms with Crippen LogP contribution in [-0.2, 0) is 6.42 Å². The predicted molar refractivity (Wildman–Crippen MR) is 77.9 cm³/mol. The van der Waals surface area contributed by atoms with Crippen molar-refractivity contribution in [3.8, 4) is 0 Å². The van der Waals surface area contributed by atoms with Crippen LogP contribution in [-0.4, -0.2) is 6.04 Å². The number of rotatable bonds is 4. The van der Waals surface area contributed by atoms with Crippen LogP contribution < -0.4 is 5.73 Å². The maximum Gasteiger partial charge on any atom is 0.145 e. The summed E-state index contributed by atoms with van der Waals surface area (Å²) in [6.07, 6.45) is 0.475. The molecule has 3 heteroatoms. The third-order valence-electron chi connectivity index (χ3n) is 3.45. The van der Waals surface area contributed by atoms with Crippen LogP contribution >= 0.6 is 11.6 Å². The van der Waals surface area contributed by atoms with E-state index in [2.05, 4.69) is 6.92 Å². The number of hydrogen-bond donors (Lipinski definition) is 1. The van der Waals surface area contributed by atoms with E-state index in [1.165, 1.54) is 0 Å². The Morgan fingerprint density at radius 3 is 2.47 bits per heavy atom. The van der Waals surface area contributed by atoms with E-state index in [1.807, 2.05) is 30.3 Å². The zero-order valence-electron chi connectivity index (χ0n) is 10.8. The Hall–Kier alpha value is -1.38. The lowest BCUT2D eigenvalue weighted by Gasteiger charge is -2.20. The molecule has 2 unspecified atom stereocenters. The van der Waals surface area contributed by atoms with E-state index in [0.29, 0.717) is 12.0 Å². The second-order valence-corrected chi connectivity index (χ2v) is 5.19. The lowest BCUT2D eigenvalue weighted by atomic mass is 9.89. The fourth-order valence-corrected chi connectivity index (χ4v) is 2.33. The highest BCUT2D eigenvalue weighted by molar-refractivity contribution is 6.30. The maximum absolute atomic E-state index is 13.8. The van der Waals surface area contributed by atoms with Gasteiger partial charge in [0, 0.05) is 6.04 Å². The molecule has 1 nitrogen and oxygen atoms in total. The van der Waals surface area contributed by atoms with Gasteiger partial charge in [-0.05, 0) is 29.5 Å². The fraction of sp³-hybridized carbons (Fsp3) is 0.250. The first-order valence-corrected chi connectivity index (χ1v) is 6.71. The lowest BCUT2D eigenvalue weighted by Crippen LogP contribution is -2.29. The zero-order valence-corrected chi connectivity index (χ0v) is 11.6. The van der Waals surface area contributed by atoms with Crippen molar-refractivity contribution in [2.75, 3.05) is 0 Å². The Bertz CT molecular complexity index is 542. The van der Waals surface area contributed by atoms with Crippen LogP contribution in [0.4, 0.5) is 4.39 Å². The fourth-order valence-electron chi connectivity index (χ4n) is 2.14. The van der Waals surface area contributed by atoms with Crippen LogP contribution in [0.1, 0.15) is 24.0 Å². The summed E-state index contributed by atoms with van der Waals surface area (Å²) in [6, 6.07) is 14.9. The standard InChI is InChI=1S/C16H17ClFN/c1-11(12-6-3-2-4-7-12)15(19)10-13-8-5-9-14(17)16(13)18/h2-9,11,15H,10,19H2,1H3. The molecule has 0 aromatic heterocycles. The first-order chi connectivity index (χ1) is 9.09. The van der Waals surface area contributed by atoms with E-state index in [0.717, 1.165) is 5.56 Å². The molecule has 0 radical (unpaired) electrons. The van der Waals surface area contributed by atoms with Crippen molar-refractivity contribution in [1.82, 2.24) is 0 Å². The second kappa shape index (κ2) is 6.18. The van der Waals surface area contributed by atoms with Crippen LogP contribution in [0.2, 0.25) is 5.02 Å². The molecule has 0 fully saturated rings. The molecule has 0 saturated carbocycles. The highest BCUT2D eigenvalue weighted by Gasteiger charge is 2.17. The summed E-state index contributed by atoms with van der Waals surface area (Å²) in [7, 11) is 0. The summed E-state index contributed by atoms with van der Waals surface area (Å²) < 4.78 is 13.8. The third kappa shape index (κ3) is 3.34. The second-order valence-electron chi connectivity index (χ2n) is 4.78. The zero-order chi connectivity index (χ0) is 13.8. The van der Waals surface area contributed by atoms with Gasteiger partial charge in [0.2, 0.25) is 0 Å². The van der Waals surface area contributed by atoms with Crippen LogP contribution in [0.15, 0.2) is 48.5 Å². The molecule has 0 aliphatic carbocycles. The number of halogens is 2. The smallest absolute Gasteiger partial charge is 0.145 e. The van der Waals surface area contributed by atoms with Crippen molar-refractivity contribution in [2.24, 2.45) is 5.73 Å². The van der Waals surface area contributed by atoms with Gasteiger partial charge in [-0.3, -0.25) is 0 Å². The van der Waals surface area contributed by atoms with Crippen LogP contribution in [0.25, 0.3) is 0 Å². The van der Waals surface area contributed by atoms with Gasteiger partial charge < -0.3 is 5.73 Å². The van der Waals surface area contributed by atoms with Crippen LogP contribution in [0, 0.1) is 5.82 Å². The molecule has 2 rings (SSSR count). The van der Waals surface area contributed by atoms with Gasteiger partial charge in [0.1, 0.15) is 5.82 Å². The summed E-state index contributed by atoms with van der Waals surface area (Å²) in [5.41, 5.74) is 7.93. The molecule has 0 bridgehead atoms. The lowest BCUT2D eigenvalue weighted by molar-refractivity contribution is 0.539. The van der Waals surface area contributed by atoms with E-state index >= 15 is 0 Å². The number of hydrogen-bond acceptors (Lipinski definition) is 1. The Balaban J connectivity index is 2.13. The highest BCUT2D eigenvalue weighted by Crippen LogP contribution is 2.23. The van der Waals surface area contributed by atoms with Crippen molar-refractivity contribution in [3.05, 3.63) is 70.5 Å². The minimum atomic E-state index is -0.361. The van der Waals surface area contributed by atoms with E-state index in [-0.39, 0.29) is 22.8 Å². The molecule has 2 aromatic carbocycles. The molecular formula is C16H17ClFN. The summed E-state index contributed by atoms with van der Waals surface area (Å²) >= 11 is 5.78. The van der Waals surface area contributed by atoms with Crippen molar-refractivity contribution < 1.29 is 4.39 Å². The van der Waals surface area contributed by atoms with Gasteiger partial charge in [-0.25, -0.2) is 4.39 Å². The molecular weight excluding hydrogens is 261 g/mol. The number of benzene rings is 2. The van der Waals surface area contributed by atoms with E-state index < -0.39 is 0 Å². The Kier molecular flexibility index (Phi) is 4.56. The van der Waals surface area contributed by atoms with Crippen molar-refractivity contribution in [2.45, 2.75) is 25.3 Å². The van der Waals surface area contributed by atoms with Gasteiger partial charge in [-0.1, -0.05) is 61.0 Å². The van der Waals surface area contributed by atoms with Gasteiger partial charge in [-0.2, -0.15) is 0 Å². The van der Waals surface area contributed by atoms with Gasteiger partial charge in [-0.15, -0.1) is 0 Å². The van der Waals surface area contributed by atoms with Gasteiger partial charge in [0.25, 0.3) is 0 Å². The number of nitrogens with two attached hydrogens (primary N) is 1. The van der Waals surface area contributed by atoms with E-state index in [1.54, 1.807) is 18.2 Å². The van der Waals surface area contributed by atoms with Crippen molar-refractivity contribution in [3.63, 3.8) is 0 Å². The van der Waals surface area contributed by atoms with Crippen molar-refractivity contribution in [1.29, 1.82) is 0 Å². The first kappa shape index (κ1) is 14.0. The summed E-state index contributed by atoms with van der Waals surface area (Å²) in [6.45, 7) is 2.06. The maximum atomic E-state index is 13.8.